The molecule has 0 amide bonds. The molecule has 7 rings (SSSR count). The van der Waals surface area contributed by atoms with Crippen molar-refractivity contribution in [1.82, 2.24) is 0 Å². The number of alkyl halides is 6. The van der Waals surface area contributed by atoms with Crippen LogP contribution in [0.15, 0.2) is 96.1 Å². The summed E-state index contributed by atoms with van der Waals surface area (Å²) in [6.07, 6.45) is -2.29. The zero-order chi connectivity index (χ0) is 31.7. The van der Waals surface area contributed by atoms with Gasteiger partial charge in [0.15, 0.2) is 0 Å². The van der Waals surface area contributed by atoms with Crippen LogP contribution >= 0.6 is 0 Å². The van der Waals surface area contributed by atoms with Crippen molar-refractivity contribution in [2.45, 2.75) is 54.6 Å². The molecule has 0 N–H and O–H groups in total. The maximum atomic E-state index is 13.3. The Balaban J connectivity index is 0.00000217. The van der Waals surface area contributed by atoms with Gasteiger partial charge in [-0.2, -0.15) is 0 Å². The van der Waals surface area contributed by atoms with E-state index >= 15 is 0 Å². The summed E-state index contributed by atoms with van der Waals surface area (Å²) in [6.45, 7) is 4.40. The molecule has 1 saturated heterocycles. The van der Waals surface area contributed by atoms with E-state index in [9.17, 15) is 26.3 Å². The smallest absolute Gasteiger partial charge is 1.00 e. The summed E-state index contributed by atoms with van der Waals surface area (Å²) in [5, 5.41) is 0. The minimum Gasteiger partial charge on any atom is -1.00 e. The molecule has 47 heavy (non-hydrogen) atoms. The van der Waals surface area contributed by atoms with E-state index in [4.69, 9.17) is 0 Å². The monoisotopic (exact) mass is 762 g/mol. The molecule has 2 aliphatic carbocycles. The Kier molecular flexibility index (Phi) is 9.89. The van der Waals surface area contributed by atoms with E-state index in [1.807, 2.05) is 12.1 Å². The number of benzene rings is 4. The minimum atomic E-state index is -4.38. The predicted octanol–water partition coefficient (Wildman–Crippen LogP) is 6.47. The average Bonchev–Trinajstić information content (AvgIpc) is 3.55. The molecule has 1 fully saturated rings. The first-order valence-electron chi connectivity index (χ1n) is 15.5. The Bertz CT molecular complexity index is 1720. The van der Waals surface area contributed by atoms with Gasteiger partial charge in [0, 0.05) is 0 Å². The van der Waals surface area contributed by atoms with Crippen LogP contribution in [0.5, 0.6) is 0 Å². The van der Waals surface area contributed by atoms with Gasteiger partial charge in [-0.15, -0.1) is 0 Å². The van der Waals surface area contributed by atoms with E-state index in [2.05, 4.69) is 50.3 Å². The summed E-state index contributed by atoms with van der Waals surface area (Å²) >= 11 is -3.01. The molecule has 3 aliphatic rings. The molecule has 0 saturated carbocycles. The van der Waals surface area contributed by atoms with Gasteiger partial charge in [0.2, 0.25) is 0 Å². The molecule has 4 aromatic rings. The van der Waals surface area contributed by atoms with Crippen molar-refractivity contribution < 1.29 is 71.4 Å². The summed E-state index contributed by atoms with van der Waals surface area (Å²) in [6, 6.07) is 23.6. The van der Waals surface area contributed by atoms with E-state index < -0.39 is 43.7 Å². The fraction of sp³-hybridized carbons (Fsp3) is 0.263. The SMILES string of the molecule is CCC1=Cc2c(-c3ccc(C(F)(F)F)cc3)cccc2[CH]1[Zr+2]1([CH]2C(CC)=Cc3c(-c4ccc(C(F)(F)F)cc4)cccc32)[CH2][CH2]1.[Cl-].[Cl-]. The zero-order valence-corrected chi connectivity index (χ0v) is 29.7. The Morgan fingerprint density at radius 2 is 0.915 bits per heavy atom. The first-order chi connectivity index (χ1) is 21.5. The topological polar surface area (TPSA) is 0 Å². The van der Waals surface area contributed by atoms with Gasteiger partial charge < -0.3 is 24.8 Å². The third-order valence-electron chi connectivity index (χ3n) is 10.1. The van der Waals surface area contributed by atoms with Crippen molar-refractivity contribution >= 4 is 12.2 Å². The van der Waals surface area contributed by atoms with Crippen LogP contribution in [0, 0.1) is 0 Å². The zero-order valence-electron chi connectivity index (χ0n) is 25.7. The van der Waals surface area contributed by atoms with Gasteiger partial charge in [-0.05, 0) is 0 Å². The van der Waals surface area contributed by atoms with Crippen LogP contribution in [0.25, 0.3) is 34.4 Å². The van der Waals surface area contributed by atoms with Gasteiger partial charge in [0.1, 0.15) is 0 Å². The second kappa shape index (κ2) is 13.0. The number of hydrogen-bond donors (Lipinski definition) is 0. The molecule has 0 radical (unpaired) electrons. The van der Waals surface area contributed by atoms with Crippen LogP contribution in [0.2, 0.25) is 8.26 Å². The summed E-state index contributed by atoms with van der Waals surface area (Å²) in [5.41, 5.74) is 10.00. The Morgan fingerprint density at radius 3 is 1.21 bits per heavy atom. The molecule has 2 unspecified atom stereocenters. The molecule has 2 atom stereocenters. The first kappa shape index (κ1) is 35.7. The second-order valence-corrected chi connectivity index (χ2v) is 23.9. The Morgan fingerprint density at radius 1 is 0.553 bits per heavy atom. The minimum absolute atomic E-state index is 0. The van der Waals surface area contributed by atoms with E-state index in [0.29, 0.717) is 7.25 Å². The van der Waals surface area contributed by atoms with Crippen molar-refractivity contribution in [3.05, 3.63) is 129 Å². The summed E-state index contributed by atoms with van der Waals surface area (Å²) in [7, 11) is 0. The standard InChI is InChI=1S/2C18H14F3.C2H4.2ClH.Zr/c2*1-2-12-10-14-4-3-5-16(17(14)11-12)13-6-8-15(9-7-13)18(19,20)21;1-2;;;/h2*3-11H,2H2,1H3;1-2H2;2*1H;/q;;;;;+2/p-2. The van der Waals surface area contributed by atoms with Crippen LogP contribution in [0.3, 0.4) is 0 Å². The maximum absolute atomic E-state index is 13.3. The fourth-order valence-electron chi connectivity index (χ4n) is 7.97. The van der Waals surface area contributed by atoms with Crippen molar-refractivity contribution in [3.8, 4) is 22.3 Å². The molecular weight excluding hydrogens is 733 g/mol. The number of halogens is 8. The fourth-order valence-corrected chi connectivity index (χ4v) is 25.9. The van der Waals surface area contributed by atoms with Gasteiger partial charge in [0.25, 0.3) is 0 Å². The Labute approximate surface area is 288 Å². The quantitative estimate of drug-likeness (QED) is 0.198. The van der Waals surface area contributed by atoms with Crippen LogP contribution in [0.1, 0.15) is 67.3 Å². The maximum Gasteiger partial charge on any atom is -1.00 e. The summed E-state index contributed by atoms with van der Waals surface area (Å²) in [5.74, 6) is 0. The molecule has 0 aromatic heterocycles. The van der Waals surface area contributed by atoms with E-state index in [1.165, 1.54) is 30.5 Å². The van der Waals surface area contributed by atoms with Gasteiger partial charge in [-0.1, -0.05) is 0 Å². The molecular formula is C38H32Cl2F6Zr. The van der Waals surface area contributed by atoms with Crippen LogP contribution in [-0.4, -0.2) is 0 Å². The van der Waals surface area contributed by atoms with E-state index in [1.54, 1.807) is 24.3 Å². The molecule has 244 valence electrons. The molecule has 9 heteroatoms. The predicted molar refractivity (Wildman–Crippen MR) is 165 cm³/mol. The normalized spacial score (nSPS) is 18.5. The molecule has 0 bridgehead atoms. The first-order valence-corrected chi connectivity index (χ1v) is 21.8. The second-order valence-electron chi connectivity index (χ2n) is 12.5. The van der Waals surface area contributed by atoms with Crippen LogP contribution in [0.4, 0.5) is 26.3 Å². The molecule has 0 spiro atoms. The number of rotatable bonds is 6. The van der Waals surface area contributed by atoms with Crippen LogP contribution in [-0.2, 0) is 32.6 Å². The summed E-state index contributed by atoms with van der Waals surface area (Å²) in [4.78, 5) is 0. The van der Waals surface area contributed by atoms with E-state index in [0.717, 1.165) is 70.5 Å². The Hall–Kier alpha value is -2.60. The molecule has 1 aliphatic heterocycles. The number of hydrogen-bond acceptors (Lipinski definition) is 0. The van der Waals surface area contributed by atoms with E-state index in [-0.39, 0.29) is 24.8 Å². The van der Waals surface area contributed by atoms with Crippen molar-refractivity contribution in [2.75, 3.05) is 0 Å². The summed E-state index contributed by atoms with van der Waals surface area (Å²) < 4.78 is 82.9. The van der Waals surface area contributed by atoms with Crippen LogP contribution < -0.4 is 24.8 Å². The molecule has 0 nitrogen and oxygen atoms in total. The van der Waals surface area contributed by atoms with Gasteiger partial charge in [-0.3, -0.25) is 0 Å². The van der Waals surface area contributed by atoms with Crippen molar-refractivity contribution in [1.29, 1.82) is 0 Å². The largest absolute Gasteiger partial charge is 1.00 e. The van der Waals surface area contributed by atoms with Crippen molar-refractivity contribution in [2.24, 2.45) is 0 Å². The number of allylic oxidation sites excluding steroid dienone is 2. The van der Waals surface area contributed by atoms with Gasteiger partial charge in [-0.25, -0.2) is 0 Å². The van der Waals surface area contributed by atoms with Gasteiger partial charge in [0.05, 0.1) is 0 Å². The van der Waals surface area contributed by atoms with Crippen molar-refractivity contribution in [3.63, 3.8) is 0 Å². The molecule has 1 heterocycles. The average molecular weight is 765 g/mol. The third-order valence-corrected chi connectivity index (χ3v) is 23.2. The number of fused-ring (bicyclic) bond motifs is 2. The molecule has 4 aromatic carbocycles. The third kappa shape index (κ3) is 6.10. The van der Waals surface area contributed by atoms with Gasteiger partial charge >= 0.3 is 265 Å².